The van der Waals surface area contributed by atoms with Gasteiger partial charge in [-0.2, -0.15) is 0 Å². The molecule has 1 aliphatic heterocycles. The van der Waals surface area contributed by atoms with E-state index in [1.165, 1.54) is 4.88 Å². The molecular formula is C16H22N2O2S. The zero-order chi connectivity index (χ0) is 15.1. The van der Waals surface area contributed by atoms with Crippen molar-refractivity contribution in [1.82, 2.24) is 4.90 Å². The predicted octanol–water partition coefficient (Wildman–Crippen LogP) is 1.83. The molecule has 0 bridgehead atoms. The fraction of sp³-hybridized carbons (Fsp3) is 0.562. The highest BCUT2D eigenvalue weighted by atomic mass is 32.1. The van der Waals surface area contributed by atoms with Crippen molar-refractivity contribution >= 4 is 17.3 Å². The number of hydrogen-bond acceptors (Lipinski definition) is 5. The normalized spacial score (nSPS) is 16.3. The van der Waals surface area contributed by atoms with Crippen molar-refractivity contribution in [3.8, 4) is 11.8 Å². The van der Waals surface area contributed by atoms with Crippen molar-refractivity contribution < 1.29 is 9.53 Å². The van der Waals surface area contributed by atoms with Crippen LogP contribution in [0.15, 0.2) is 12.1 Å². The van der Waals surface area contributed by atoms with Gasteiger partial charge in [0.25, 0.3) is 0 Å². The summed E-state index contributed by atoms with van der Waals surface area (Å²) in [6.45, 7) is 5.56. The van der Waals surface area contributed by atoms with Crippen LogP contribution in [-0.4, -0.2) is 37.1 Å². The summed E-state index contributed by atoms with van der Waals surface area (Å²) in [5.41, 5.74) is 5.38. The standard InChI is InChI=1S/C16H22N2O2S/c1-2-20-16(19)13-7-10-18(11-8-13)12-15-6-5-14(21-15)4-3-9-17/h5-6,13H,2,7-12,17H2,1H3. The van der Waals surface area contributed by atoms with Crippen LogP contribution in [0.5, 0.6) is 0 Å². The fourth-order valence-electron chi connectivity index (χ4n) is 2.48. The van der Waals surface area contributed by atoms with Crippen LogP contribution in [-0.2, 0) is 16.1 Å². The molecule has 0 radical (unpaired) electrons. The summed E-state index contributed by atoms with van der Waals surface area (Å²) in [5, 5.41) is 0. The number of carbonyl (C=O) groups excluding carboxylic acids is 1. The summed E-state index contributed by atoms with van der Waals surface area (Å²) in [6.07, 6.45) is 1.79. The van der Waals surface area contributed by atoms with Gasteiger partial charge < -0.3 is 10.5 Å². The molecule has 0 saturated carbocycles. The molecule has 1 fully saturated rings. The van der Waals surface area contributed by atoms with Gasteiger partial charge in [0.15, 0.2) is 0 Å². The molecule has 5 heteroatoms. The van der Waals surface area contributed by atoms with Gasteiger partial charge in [-0.3, -0.25) is 9.69 Å². The van der Waals surface area contributed by atoms with Gasteiger partial charge in [0.1, 0.15) is 0 Å². The van der Waals surface area contributed by atoms with Crippen LogP contribution in [0.1, 0.15) is 29.5 Å². The molecular weight excluding hydrogens is 284 g/mol. The lowest BCUT2D eigenvalue weighted by Gasteiger charge is -2.30. The first-order valence-corrected chi connectivity index (χ1v) is 8.21. The van der Waals surface area contributed by atoms with Crippen LogP contribution in [0.2, 0.25) is 0 Å². The minimum absolute atomic E-state index is 0.0346. The highest BCUT2D eigenvalue weighted by Gasteiger charge is 2.25. The first-order chi connectivity index (χ1) is 10.2. The van der Waals surface area contributed by atoms with E-state index < -0.39 is 0 Å². The topological polar surface area (TPSA) is 55.6 Å². The first kappa shape index (κ1) is 16.0. The number of nitrogens with two attached hydrogens (primary N) is 1. The Morgan fingerprint density at radius 3 is 2.90 bits per heavy atom. The van der Waals surface area contributed by atoms with Crippen molar-refractivity contribution in [3.63, 3.8) is 0 Å². The lowest BCUT2D eigenvalue weighted by atomic mass is 9.97. The zero-order valence-corrected chi connectivity index (χ0v) is 13.2. The van der Waals surface area contributed by atoms with Gasteiger partial charge in [-0.15, -0.1) is 11.3 Å². The van der Waals surface area contributed by atoms with E-state index in [2.05, 4.69) is 22.8 Å². The predicted molar refractivity (Wildman–Crippen MR) is 84.9 cm³/mol. The van der Waals surface area contributed by atoms with Gasteiger partial charge in [0, 0.05) is 11.4 Å². The lowest BCUT2D eigenvalue weighted by molar-refractivity contribution is -0.149. The van der Waals surface area contributed by atoms with E-state index >= 15 is 0 Å². The highest BCUT2D eigenvalue weighted by Crippen LogP contribution is 2.23. The summed E-state index contributed by atoms with van der Waals surface area (Å²) in [7, 11) is 0. The number of esters is 1. The number of carbonyl (C=O) groups is 1. The molecule has 0 unspecified atom stereocenters. The van der Waals surface area contributed by atoms with Gasteiger partial charge in [-0.05, 0) is 45.0 Å². The average Bonchev–Trinajstić information content (AvgIpc) is 2.93. The van der Waals surface area contributed by atoms with E-state index in [9.17, 15) is 4.79 Å². The SMILES string of the molecule is CCOC(=O)C1CCN(Cc2ccc(C#CCN)s2)CC1. The van der Waals surface area contributed by atoms with Crippen molar-refractivity contribution in [2.75, 3.05) is 26.2 Å². The third-order valence-corrected chi connectivity index (χ3v) is 4.55. The molecule has 4 nitrogen and oxygen atoms in total. The van der Waals surface area contributed by atoms with E-state index in [1.807, 2.05) is 13.0 Å². The first-order valence-electron chi connectivity index (χ1n) is 7.39. The van der Waals surface area contributed by atoms with E-state index in [4.69, 9.17) is 10.5 Å². The number of nitrogens with zero attached hydrogens (tertiary/aromatic N) is 1. The van der Waals surface area contributed by atoms with Gasteiger partial charge in [0.05, 0.1) is 23.9 Å². The average molecular weight is 306 g/mol. The number of piperidine rings is 1. The van der Waals surface area contributed by atoms with Crippen LogP contribution in [0.4, 0.5) is 0 Å². The van der Waals surface area contributed by atoms with Crippen LogP contribution in [0, 0.1) is 17.8 Å². The fourth-order valence-corrected chi connectivity index (χ4v) is 3.40. The summed E-state index contributed by atoms with van der Waals surface area (Å²) in [4.78, 5) is 16.5. The maximum Gasteiger partial charge on any atom is 0.309 e. The molecule has 114 valence electrons. The second kappa shape index (κ2) is 8.18. The zero-order valence-electron chi connectivity index (χ0n) is 12.4. The molecule has 2 N–H and O–H groups in total. The Kier molecular flexibility index (Phi) is 6.24. The third kappa shape index (κ3) is 4.85. The Morgan fingerprint density at radius 2 is 2.24 bits per heavy atom. The van der Waals surface area contributed by atoms with Crippen molar-refractivity contribution in [1.29, 1.82) is 0 Å². The highest BCUT2D eigenvalue weighted by molar-refractivity contribution is 7.12. The van der Waals surface area contributed by atoms with Crippen LogP contribution < -0.4 is 5.73 Å². The van der Waals surface area contributed by atoms with E-state index in [0.29, 0.717) is 13.2 Å². The van der Waals surface area contributed by atoms with Crippen LogP contribution in [0.25, 0.3) is 0 Å². The van der Waals surface area contributed by atoms with E-state index in [0.717, 1.165) is 37.4 Å². The van der Waals surface area contributed by atoms with Gasteiger partial charge in [-0.1, -0.05) is 11.8 Å². The summed E-state index contributed by atoms with van der Waals surface area (Å²) in [6, 6.07) is 4.18. The molecule has 0 atom stereocenters. The summed E-state index contributed by atoms with van der Waals surface area (Å²) < 4.78 is 5.09. The van der Waals surface area contributed by atoms with Crippen molar-refractivity contribution in [2.45, 2.75) is 26.3 Å². The molecule has 0 amide bonds. The summed E-state index contributed by atoms with van der Waals surface area (Å²) >= 11 is 1.72. The molecule has 0 spiro atoms. The Bertz CT molecular complexity index is 522. The quantitative estimate of drug-likeness (QED) is 0.681. The van der Waals surface area contributed by atoms with Crippen molar-refractivity contribution in [3.05, 3.63) is 21.9 Å². The number of likely N-dealkylation sites (tertiary alicyclic amines) is 1. The monoisotopic (exact) mass is 306 g/mol. The Labute approximate surface area is 130 Å². The van der Waals surface area contributed by atoms with Crippen molar-refractivity contribution in [2.24, 2.45) is 11.7 Å². The Hall–Kier alpha value is -1.35. The molecule has 0 aromatic carbocycles. The molecule has 0 aliphatic carbocycles. The molecule has 1 aromatic heterocycles. The van der Waals surface area contributed by atoms with Gasteiger partial charge in [-0.25, -0.2) is 0 Å². The van der Waals surface area contributed by atoms with E-state index in [-0.39, 0.29) is 11.9 Å². The van der Waals surface area contributed by atoms with Gasteiger partial charge in [0.2, 0.25) is 0 Å². The molecule has 1 aliphatic rings. The maximum absolute atomic E-state index is 11.7. The molecule has 2 rings (SSSR count). The minimum Gasteiger partial charge on any atom is -0.466 e. The minimum atomic E-state index is -0.0346. The smallest absolute Gasteiger partial charge is 0.309 e. The Morgan fingerprint density at radius 1 is 1.48 bits per heavy atom. The largest absolute Gasteiger partial charge is 0.466 e. The van der Waals surface area contributed by atoms with Crippen LogP contribution >= 0.6 is 11.3 Å². The number of ether oxygens (including phenoxy) is 1. The molecule has 1 aromatic rings. The molecule has 21 heavy (non-hydrogen) atoms. The van der Waals surface area contributed by atoms with Crippen LogP contribution in [0.3, 0.4) is 0 Å². The Balaban J connectivity index is 1.80. The second-order valence-electron chi connectivity index (χ2n) is 5.07. The van der Waals surface area contributed by atoms with E-state index in [1.54, 1.807) is 11.3 Å². The number of thiophene rings is 1. The number of hydrogen-bond donors (Lipinski definition) is 1. The summed E-state index contributed by atoms with van der Waals surface area (Å²) in [5.74, 6) is 5.98. The molecule has 1 saturated heterocycles. The van der Waals surface area contributed by atoms with Gasteiger partial charge >= 0.3 is 5.97 Å². The molecule has 2 heterocycles. The second-order valence-corrected chi connectivity index (χ2v) is 6.24. The lowest BCUT2D eigenvalue weighted by Crippen LogP contribution is -2.36. The third-order valence-electron chi connectivity index (χ3n) is 3.56. The number of rotatable bonds is 4. The maximum atomic E-state index is 11.7.